The molecule has 1 saturated heterocycles. The van der Waals surface area contributed by atoms with Crippen molar-refractivity contribution in [1.82, 2.24) is 9.88 Å². The van der Waals surface area contributed by atoms with E-state index in [-0.39, 0.29) is 5.91 Å². The van der Waals surface area contributed by atoms with Gasteiger partial charge in [0.05, 0.1) is 26.2 Å². The zero-order chi connectivity index (χ0) is 20.4. The van der Waals surface area contributed by atoms with E-state index in [0.29, 0.717) is 24.3 Å². The summed E-state index contributed by atoms with van der Waals surface area (Å²) in [6.45, 7) is 6.40. The number of halogens is 2. The van der Waals surface area contributed by atoms with Gasteiger partial charge in [-0.15, -0.1) is 0 Å². The maximum absolute atomic E-state index is 13.7. The van der Waals surface area contributed by atoms with E-state index in [1.54, 1.807) is 11.0 Å². The number of rotatable bonds is 6. The van der Waals surface area contributed by atoms with E-state index < -0.39 is 11.6 Å². The van der Waals surface area contributed by atoms with Gasteiger partial charge in [0, 0.05) is 25.1 Å². The first-order valence-electron chi connectivity index (χ1n) is 10.8. The highest BCUT2D eigenvalue weighted by molar-refractivity contribution is 5.95. The standard InChI is InChI=1S/C23H29F2N3O/c1-16-18-6-2-3-7-21(18)28(15-17-8-9-19(24)20(25)14-17)22(16)23(29)26-10-13-27-11-4-5-12-27/h8-9,14H,2-7,10-13,15H2,1H3,(H,26,29)/p+1. The van der Waals surface area contributed by atoms with Crippen LogP contribution < -0.4 is 10.2 Å². The van der Waals surface area contributed by atoms with Gasteiger partial charge in [0.2, 0.25) is 0 Å². The van der Waals surface area contributed by atoms with Crippen LogP contribution in [0, 0.1) is 18.6 Å². The summed E-state index contributed by atoms with van der Waals surface area (Å²) in [7, 11) is 0. The van der Waals surface area contributed by atoms with Crippen LogP contribution >= 0.6 is 0 Å². The maximum atomic E-state index is 13.7. The number of amides is 1. The number of nitrogens with one attached hydrogen (secondary N) is 2. The van der Waals surface area contributed by atoms with Crippen molar-refractivity contribution >= 4 is 5.91 Å². The maximum Gasteiger partial charge on any atom is 0.268 e. The van der Waals surface area contributed by atoms with Crippen molar-refractivity contribution in [3.05, 3.63) is 57.9 Å². The summed E-state index contributed by atoms with van der Waals surface area (Å²) in [6.07, 6.45) is 6.66. The van der Waals surface area contributed by atoms with Crippen molar-refractivity contribution in [2.24, 2.45) is 0 Å². The molecule has 156 valence electrons. The third-order valence-corrected chi connectivity index (χ3v) is 6.46. The fraction of sp³-hybridized carbons (Fsp3) is 0.522. The van der Waals surface area contributed by atoms with Crippen LogP contribution in [0.3, 0.4) is 0 Å². The van der Waals surface area contributed by atoms with Crippen molar-refractivity contribution < 1.29 is 18.5 Å². The number of hydrogen-bond acceptors (Lipinski definition) is 1. The highest BCUT2D eigenvalue weighted by Crippen LogP contribution is 2.30. The molecular weight excluding hydrogens is 372 g/mol. The molecule has 1 aromatic heterocycles. The Hall–Kier alpha value is -2.21. The van der Waals surface area contributed by atoms with E-state index in [1.165, 1.54) is 43.3 Å². The molecule has 0 radical (unpaired) electrons. The van der Waals surface area contributed by atoms with Crippen LogP contribution in [0.25, 0.3) is 0 Å². The monoisotopic (exact) mass is 402 g/mol. The summed E-state index contributed by atoms with van der Waals surface area (Å²) in [5, 5.41) is 3.11. The van der Waals surface area contributed by atoms with Gasteiger partial charge < -0.3 is 14.8 Å². The molecule has 6 heteroatoms. The second-order valence-electron chi connectivity index (χ2n) is 8.40. The number of quaternary nitrogens is 1. The molecule has 2 aliphatic rings. The van der Waals surface area contributed by atoms with Crippen LogP contribution in [0.5, 0.6) is 0 Å². The second kappa shape index (κ2) is 8.66. The molecule has 0 bridgehead atoms. The normalized spacial score (nSPS) is 16.8. The predicted octanol–water partition coefficient (Wildman–Crippen LogP) is 2.41. The van der Waals surface area contributed by atoms with Crippen LogP contribution in [-0.4, -0.2) is 36.7 Å². The van der Waals surface area contributed by atoms with E-state index in [4.69, 9.17) is 0 Å². The van der Waals surface area contributed by atoms with Crippen LogP contribution in [0.2, 0.25) is 0 Å². The lowest BCUT2D eigenvalue weighted by Gasteiger charge is -2.18. The zero-order valence-electron chi connectivity index (χ0n) is 17.1. The number of carbonyl (C=O) groups is 1. The van der Waals surface area contributed by atoms with Gasteiger partial charge in [-0.1, -0.05) is 6.07 Å². The molecule has 0 saturated carbocycles. The number of nitrogens with zero attached hydrogens (tertiary/aromatic N) is 1. The Morgan fingerprint density at radius 3 is 2.62 bits per heavy atom. The van der Waals surface area contributed by atoms with Crippen molar-refractivity contribution in [2.75, 3.05) is 26.2 Å². The first-order valence-corrected chi connectivity index (χ1v) is 10.8. The van der Waals surface area contributed by atoms with Crippen molar-refractivity contribution in [3.63, 3.8) is 0 Å². The number of likely N-dealkylation sites (tertiary alicyclic amines) is 1. The fourth-order valence-corrected chi connectivity index (χ4v) is 4.92. The van der Waals surface area contributed by atoms with Crippen molar-refractivity contribution in [1.29, 1.82) is 0 Å². The molecule has 1 aliphatic carbocycles. The Morgan fingerprint density at radius 1 is 1.10 bits per heavy atom. The fourth-order valence-electron chi connectivity index (χ4n) is 4.92. The average Bonchev–Trinajstić information content (AvgIpc) is 3.32. The minimum absolute atomic E-state index is 0.0573. The van der Waals surface area contributed by atoms with Crippen LogP contribution in [0.1, 0.15) is 58.6 Å². The summed E-state index contributed by atoms with van der Waals surface area (Å²) in [6, 6.07) is 3.99. The smallest absolute Gasteiger partial charge is 0.268 e. The van der Waals surface area contributed by atoms with E-state index in [9.17, 15) is 13.6 Å². The molecule has 4 rings (SSSR count). The Kier molecular flexibility index (Phi) is 5.99. The molecule has 0 unspecified atom stereocenters. The van der Waals surface area contributed by atoms with Gasteiger partial charge in [0.1, 0.15) is 5.69 Å². The summed E-state index contributed by atoms with van der Waals surface area (Å²) >= 11 is 0. The summed E-state index contributed by atoms with van der Waals surface area (Å²) < 4.78 is 29.1. The molecule has 2 N–H and O–H groups in total. The minimum atomic E-state index is -0.847. The first-order chi connectivity index (χ1) is 14.0. The zero-order valence-corrected chi connectivity index (χ0v) is 17.1. The molecule has 4 nitrogen and oxygen atoms in total. The minimum Gasteiger partial charge on any atom is -0.345 e. The van der Waals surface area contributed by atoms with E-state index in [0.717, 1.165) is 43.9 Å². The van der Waals surface area contributed by atoms with Crippen molar-refractivity contribution in [3.8, 4) is 0 Å². The number of carbonyl (C=O) groups excluding carboxylic acids is 1. The molecule has 2 aromatic rings. The van der Waals surface area contributed by atoms with Gasteiger partial charge in [-0.3, -0.25) is 4.79 Å². The van der Waals surface area contributed by atoms with Crippen LogP contribution in [-0.2, 0) is 19.4 Å². The quantitative estimate of drug-likeness (QED) is 0.765. The van der Waals surface area contributed by atoms with Crippen LogP contribution in [0.15, 0.2) is 18.2 Å². The van der Waals surface area contributed by atoms with Gasteiger partial charge >= 0.3 is 0 Å². The molecule has 29 heavy (non-hydrogen) atoms. The van der Waals surface area contributed by atoms with Gasteiger partial charge in [0.15, 0.2) is 11.6 Å². The average molecular weight is 403 g/mol. The van der Waals surface area contributed by atoms with Crippen LogP contribution in [0.4, 0.5) is 8.78 Å². The third-order valence-electron chi connectivity index (χ3n) is 6.46. The Balaban J connectivity index is 1.58. The Bertz CT molecular complexity index is 900. The lowest BCUT2D eigenvalue weighted by atomic mass is 9.95. The number of hydrogen-bond donors (Lipinski definition) is 2. The lowest BCUT2D eigenvalue weighted by Crippen LogP contribution is -3.10. The number of aromatic nitrogens is 1. The predicted molar refractivity (Wildman–Crippen MR) is 108 cm³/mol. The van der Waals surface area contributed by atoms with Gasteiger partial charge in [0.25, 0.3) is 5.91 Å². The highest BCUT2D eigenvalue weighted by Gasteiger charge is 2.26. The Morgan fingerprint density at radius 2 is 1.86 bits per heavy atom. The molecule has 0 atom stereocenters. The van der Waals surface area contributed by atoms with E-state index >= 15 is 0 Å². The van der Waals surface area contributed by atoms with E-state index in [2.05, 4.69) is 5.32 Å². The van der Waals surface area contributed by atoms with Gasteiger partial charge in [-0.05, 0) is 61.4 Å². The highest BCUT2D eigenvalue weighted by atomic mass is 19.2. The van der Waals surface area contributed by atoms with Crippen molar-refractivity contribution in [2.45, 2.75) is 52.0 Å². The molecule has 0 spiro atoms. The molecule has 1 fully saturated rings. The summed E-state index contributed by atoms with van der Waals surface area (Å²) in [5.41, 5.74) is 4.82. The largest absolute Gasteiger partial charge is 0.345 e. The lowest BCUT2D eigenvalue weighted by molar-refractivity contribution is -0.886. The summed E-state index contributed by atoms with van der Waals surface area (Å²) in [4.78, 5) is 14.7. The first kappa shape index (κ1) is 20.1. The molecular formula is C23H30F2N3O+. The molecule has 1 amide bonds. The molecule has 1 aliphatic heterocycles. The molecule has 2 heterocycles. The SMILES string of the molecule is Cc1c2c(n(Cc3ccc(F)c(F)c3)c1C(=O)NCC[NH+]1CCCC1)CCCC2. The Labute approximate surface area is 170 Å². The third kappa shape index (κ3) is 4.22. The van der Waals surface area contributed by atoms with Gasteiger partial charge in [-0.25, -0.2) is 8.78 Å². The number of fused-ring (bicyclic) bond motifs is 1. The topological polar surface area (TPSA) is 38.5 Å². The number of benzene rings is 1. The second-order valence-corrected chi connectivity index (χ2v) is 8.40. The molecule has 1 aromatic carbocycles. The summed E-state index contributed by atoms with van der Waals surface area (Å²) in [5.74, 6) is -1.75. The van der Waals surface area contributed by atoms with Gasteiger partial charge in [-0.2, -0.15) is 0 Å². The van der Waals surface area contributed by atoms with E-state index in [1.807, 2.05) is 11.5 Å².